The van der Waals surface area contributed by atoms with Gasteiger partial charge >= 0.3 is 0 Å². The zero-order valence-corrected chi connectivity index (χ0v) is 15.4. The molecule has 0 saturated heterocycles. The molecule has 4 nitrogen and oxygen atoms in total. The number of rotatable bonds is 7. The van der Waals surface area contributed by atoms with Crippen molar-refractivity contribution in [2.75, 3.05) is 12.8 Å². The molecular formula is C18H23ClN2O2S. The molecule has 0 aliphatic heterocycles. The number of carbonyl (C=O) groups excluding carboxylic acids is 1. The maximum atomic E-state index is 12.1. The van der Waals surface area contributed by atoms with Crippen LogP contribution in [0.1, 0.15) is 18.5 Å². The fourth-order valence-corrected chi connectivity index (χ4v) is 2.49. The highest BCUT2D eigenvalue weighted by Gasteiger charge is 2.16. The minimum absolute atomic E-state index is 0. The SMILES string of the molecule is CSc1ccc(OC(C)C(=O)NCC(N)c2ccccc2)cc1.Cl. The molecule has 0 radical (unpaired) electrons. The van der Waals surface area contributed by atoms with E-state index in [-0.39, 0.29) is 24.4 Å². The second kappa shape index (κ2) is 10.2. The number of nitrogens with two attached hydrogens (primary N) is 1. The fraction of sp³-hybridized carbons (Fsp3) is 0.278. The maximum Gasteiger partial charge on any atom is 0.260 e. The van der Waals surface area contributed by atoms with E-state index >= 15 is 0 Å². The zero-order chi connectivity index (χ0) is 16.7. The van der Waals surface area contributed by atoms with Crippen LogP contribution in [-0.4, -0.2) is 24.8 Å². The molecule has 130 valence electrons. The van der Waals surface area contributed by atoms with Crippen molar-refractivity contribution < 1.29 is 9.53 Å². The largest absolute Gasteiger partial charge is 0.481 e. The summed E-state index contributed by atoms with van der Waals surface area (Å²) < 4.78 is 5.65. The summed E-state index contributed by atoms with van der Waals surface area (Å²) in [6.45, 7) is 2.10. The number of benzene rings is 2. The van der Waals surface area contributed by atoms with Gasteiger partial charge in [0.2, 0.25) is 0 Å². The highest BCUT2D eigenvalue weighted by atomic mass is 35.5. The molecule has 0 heterocycles. The van der Waals surface area contributed by atoms with E-state index in [0.717, 1.165) is 10.5 Å². The van der Waals surface area contributed by atoms with E-state index < -0.39 is 6.10 Å². The molecule has 0 fully saturated rings. The van der Waals surface area contributed by atoms with Crippen molar-refractivity contribution in [3.8, 4) is 5.75 Å². The van der Waals surface area contributed by atoms with Crippen LogP contribution in [0.5, 0.6) is 5.75 Å². The molecule has 0 saturated carbocycles. The molecule has 1 amide bonds. The van der Waals surface area contributed by atoms with E-state index in [1.807, 2.05) is 60.9 Å². The lowest BCUT2D eigenvalue weighted by atomic mass is 10.1. The molecule has 2 aromatic rings. The number of amides is 1. The highest BCUT2D eigenvalue weighted by Crippen LogP contribution is 2.19. The van der Waals surface area contributed by atoms with Crippen LogP contribution in [0.4, 0.5) is 0 Å². The number of carbonyl (C=O) groups is 1. The summed E-state index contributed by atoms with van der Waals surface area (Å²) in [5.74, 6) is 0.503. The van der Waals surface area contributed by atoms with Gasteiger partial charge in [0.25, 0.3) is 5.91 Å². The van der Waals surface area contributed by atoms with Crippen molar-refractivity contribution in [1.82, 2.24) is 5.32 Å². The smallest absolute Gasteiger partial charge is 0.260 e. The van der Waals surface area contributed by atoms with Gasteiger partial charge in [0.1, 0.15) is 5.75 Å². The molecule has 6 heteroatoms. The first kappa shape index (κ1) is 20.4. The minimum atomic E-state index is -0.571. The molecule has 24 heavy (non-hydrogen) atoms. The maximum absolute atomic E-state index is 12.1. The van der Waals surface area contributed by atoms with Crippen LogP contribution in [0.25, 0.3) is 0 Å². The summed E-state index contributed by atoms with van der Waals surface area (Å²) >= 11 is 1.66. The molecule has 2 rings (SSSR count). The lowest BCUT2D eigenvalue weighted by Gasteiger charge is -2.17. The number of thioether (sulfide) groups is 1. The predicted octanol–water partition coefficient (Wildman–Crippen LogP) is 3.41. The molecule has 0 spiro atoms. The third-order valence-electron chi connectivity index (χ3n) is 3.47. The summed E-state index contributed by atoms with van der Waals surface area (Å²) in [6.07, 6.45) is 1.44. The van der Waals surface area contributed by atoms with Crippen molar-refractivity contribution >= 4 is 30.1 Å². The second-order valence-electron chi connectivity index (χ2n) is 5.20. The summed E-state index contributed by atoms with van der Waals surface area (Å²) in [7, 11) is 0. The Morgan fingerprint density at radius 1 is 1.17 bits per heavy atom. The average molecular weight is 367 g/mol. The topological polar surface area (TPSA) is 64.3 Å². The number of hydrogen-bond donors (Lipinski definition) is 2. The van der Waals surface area contributed by atoms with Crippen LogP contribution in [0.2, 0.25) is 0 Å². The van der Waals surface area contributed by atoms with Gasteiger partial charge in [0, 0.05) is 17.5 Å². The third kappa shape index (κ3) is 6.07. The Morgan fingerprint density at radius 2 is 1.79 bits per heavy atom. The first-order valence-electron chi connectivity index (χ1n) is 7.49. The number of hydrogen-bond acceptors (Lipinski definition) is 4. The molecular weight excluding hydrogens is 344 g/mol. The number of halogens is 1. The van der Waals surface area contributed by atoms with Gasteiger partial charge in [-0.25, -0.2) is 0 Å². The second-order valence-corrected chi connectivity index (χ2v) is 6.08. The third-order valence-corrected chi connectivity index (χ3v) is 4.21. The molecule has 3 N–H and O–H groups in total. The average Bonchev–Trinajstić information content (AvgIpc) is 2.60. The Morgan fingerprint density at radius 3 is 2.38 bits per heavy atom. The van der Waals surface area contributed by atoms with Gasteiger partial charge in [-0.2, -0.15) is 0 Å². The van der Waals surface area contributed by atoms with Crippen molar-refractivity contribution in [1.29, 1.82) is 0 Å². The molecule has 2 aromatic carbocycles. The van der Waals surface area contributed by atoms with Crippen LogP contribution in [-0.2, 0) is 4.79 Å². The Hall–Kier alpha value is -1.69. The van der Waals surface area contributed by atoms with E-state index in [9.17, 15) is 4.79 Å². The standard InChI is InChI=1S/C18H22N2O2S.ClH/c1-13(22-15-8-10-16(23-2)11-9-15)18(21)20-12-17(19)14-6-4-3-5-7-14;/h3-11,13,17H,12,19H2,1-2H3,(H,20,21);1H. The predicted molar refractivity (Wildman–Crippen MR) is 102 cm³/mol. The minimum Gasteiger partial charge on any atom is -0.481 e. The lowest BCUT2D eigenvalue weighted by Crippen LogP contribution is -2.39. The Labute approximate surface area is 153 Å². The van der Waals surface area contributed by atoms with Gasteiger partial charge in [0.05, 0.1) is 0 Å². The van der Waals surface area contributed by atoms with E-state index in [0.29, 0.717) is 12.3 Å². The summed E-state index contributed by atoms with van der Waals surface area (Å²) in [5, 5.41) is 2.83. The van der Waals surface area contributed by atoms with E-state index in [2.05, 4.69) is 5.32 Å². The molecule has 0 bridgehead atoms. The quantitative estimate of drug-likeness (QED) is 0.737. The Kier molecular flexibility index (Phi) is 8.68. The van der Waals surface area contributed by atoms with Crippen molar-refractivity contribution in [2.24, 2.45) is 5.73 Å². The van der Waals surface area contributed by atoms with Crippen LogP contribution < -0.4 is 15.8 Å². The first-order valence-corrected chi connectivity index (χ1v) is 8.71. The van der Waals surface area contributed by atoms with Gasteiger partial charge < -0.3 is 15.8 Å². The normalized spacial score (nSPS) is 12.6. The summed E-state index contributed by atoms with van der Waals surface area (Å²) in [5.41, 5.74) is 7.06. The van der Waals surface area contributed by atoms with Gasteiger partial charge in [-0.1, -0.05) is 30.3 Å². The van der Waals surface area contributed by atoms with Gasteiger partial charge in [-0.3, -0.25) is 4.79 Å². The van der Waals surface area contributed by atoms with E-state index in [4.69, 9.17) is 10.5 Å². The summed E-state index contributed by atoms with van der Waals surface area (Å²) in [6, 6.07) is 17.1. The zero-order valence-electron chi connectivity index (χ0n) is 13.8. The fourth-order valence-electron chi connectivity index (χ4n) is 2.08. The number of ether oxygens (including phenoxy) is 1. The van der Waals surface area contributed by atoms with E-state index in [1.165, 1.54) is 0 Å². The monoisotopic (exact) mass is 366 g/mol. The molecule has 2 atom stereocenters. The Bertz CT molecular complexity index is 623. The van der Waals surface area contributed by atoms with Crippen LogP contribution in [0.15, 0.2) is 59.5 Å². The van der Waals surface area contributed by atoms with Crippen LogP contribution in [0, 0.1) is 0 Å². The molecule has 2 unspecified atom stereocenters. The molecule has 0 aliphatic rings. The van der Waals surface area contributed by atoms with Gasteiger partial charge in [0.15, 0.2) is 6.10 Å². The number of nitrogens with one attached hydrogen (secondary N) is 1. The van der Waals surface area contributed by atoms with Crippen LogP contribution >= 0.6 is 24.2 Å². The molecule has 0 aliphatic carbocycles. The van der Waals surface area contributed by atoms with Gasteiger partial charge in [-0.05, 0) is 43.0 Å². The van der Waals surface area contributed by atoms with Crippen molar-refractivity contribution in [2.45, 2.75) is 24.0 Å². The van der Waals surface area contributed by atoms with E-state index in [1.54, 1.807) is 18.7 Å². The summed E-state index contributed by atoms with van der Waals surface area (Å²) in [4.78, 5) is 13.3. The highest BCUT2D eigenvalue weighted by molar-refractivity contribution is 7.98. The van der Waals surface area contributed by atoms with Crippen molar-refractivity contribution in [3.05, 3.63) is 60.2 Å². The molecule has 0 aromatic heterocycles. The van der Waals surface area contributed by atoms with Crippen LogP contribution in [0.3, 0.4) is 0 Å². The van der Waals surface area contributed by atoms with Gasteiger partial charge in [-0.15, -0.1) is 24.2 Å². The Balaban J connectivity index is 0.00000288. The lowest BCUT2D eigenvalue weighted by molar-refractivity contribution is -0.127. The first-order chi connectivity index (χ1) is 11.1. The van der Waals surface area contributed by atoms with Crippen molar-refractivity contribution in [3.63, 3.8) is 0 Å².